The van der Waals surface area contributed by atoms with Gasteiger partial charge in [-0.2, -0.15) is 9.71 Å². The third-order valence-corrected chi connectivity index (χ3v) is 9.53. The molecule has 0 aliphatic carbocycles. The molecule has 1 N–H and O–H groups in total. The predicted molar refractivity (Wildman–Crippen MR) is 168 cm³/mol. The molecule has 3 aromatic rings. The van der Waals surface area contributed by atoms with E-state index in [1.165, 1.54) is 0 Å². The first-order valence-corrected chi connectivity index (χ1v) is 16.2. The minimum atomic E-state index is -1.53. The number of carbonyl (C=O) groups is 1. The molecule has 4 bridgehead atoms. The first-order chi connectivity index (χ1) is 20.1. The fourth-order valence-electron chi connectivity index (χ4n) is 6.42. The minimum absolute atomic E-state index is 0.0962. The molecule has 2 unspecified atom stereocenters. The number of hydrogen-bond donors (Lipinski definition) is 1. The van der Waals surface area contributed by atoms with Crippen LogP contribution in [0.5, 0.6) is 5.88 Å². The number of carbonyl (C=O) groups excluding carboxylic acids is 1. The van der Waals surface area contributed by atoms with Crippen molar-refractivity contribution in [2.75, 3.05) is 24.4 Å². The quantitative estimate of drug-likeness (QED) is 0.356. The summed E-state index contributed by atoms with van der Waals surface area (Å²) in [4.78, 5) is 27.7. The largest absolute Gasteiger partial charge is 0.588 e. The molecule has 2 aliphatic heterocycles. The zero-order valence-electron chi connectivity index (χ0n) is 25.6. The van der Waals surface area contributed by atoms with E-state index < -0.39 is 11.4 Å². The summed E-state index contributed by atoms with van der Waals surface area (Å²) < 4.78 is 22.8. The number of aryl methyl sites for hydroxylation is 3. The van der Waals surface area contributed by atoms with E-state index in [9.17, 15) is 9.35 Å². The third kappa shape index (κ3) is 6.68. The van der Waals surface area contributed by atoms with Gasteiger partial charge < -0.3 is 19.1 Å². The first kappa shape index (κ1) is 30.2. The highest BCUT2D eigenvalue weighted by molar-refractivity contribution is 7.92. The normalized spacial score (nSPS) is 20.8. The summed E-state index contributed by atoms with van der Waals surface area (Å²) in [5.74, 6) is 1.22. The number of rotatable bonds is 3. The van der Waals surface area contributed by atoms with Gasteiger partial charge in [0.05, 0.1) is 12.3 Å². The molecule has 8 nitrogen and oxygen atoms in total. The molecule has 2 aromatic carbocycles. The maximum atomic E-state index is 13.6. The Labute approximate surface area is 253 Å². The maximum absolute atomic E-state index is 13.6. The lowest BCUT2D eigenvalue weighted by molar-refractivity contribution is 0.0649. The molecule has 0 saturated carbocycles. The summed E-state index contributed by atoms with van der Waals surface area (Å²) in [5, 5.41) is 0. The van der Waals surface area contributed by atoms with Crippen molar-refractivity contribution in [1.29, 1.82) is 0 Å². The number of ether oxygens (including phenoxy) is 1. The number of anilines is 1. The van der Waals surface area contributed by atoms with Gasteiger partial charge in [-0.15, -0.1) is 0 Å². The Balaban J connectivity index is 1.50. The van der Waals surface area contributed by atoms with Crippen LogP contribution in [-0.4, -0.2) is 62.1 Å². The molecule has 1 aromatic heterocycles. The van der Waals surface area contributed by atoms with Crippen molar-refractivity contribution in [1.82, 2.24) is 19.8 Å². The minimum Gasteiger partial charge on any atom is -0.588 e. The van der Waals surface area contributed by atoms with Crippen LogP contribution >= 0.6 is 0 Å². The molecular weight excluding hydrogens is 546 g/mol. The van der Waals surface area contributed by atoms with Gasteiger partial charge in [0.2, 0.25) is 5.88 Å². The highest BCUT2D eigenvalue weighted by Gasteiger charge is 2.35. The van der Waals surface area contributed by atoms with Gasteiger partial charge in [-0.3, -0.25) is 0 Å². The summed E-state index contributed by atoms with van der Waals surface area (Å²) in [6, 6.07) is 16.3. The average Bonchev–Trinajstić information content (AvgIpc) is 2.94. The van der Waals surface area contributed by atoms with Crippen LogP contribution in [0.3, 0.4) is 0 Å². The first-order valence-electron chi connectivity index (χ1n) is 15.0. The highest BCUT2D eigenvalue weighted by Crippen LogP contribution is 2.33. The predicted octanol–water partition coefficient (Wildman–Crippen LogP) is 6.40. The fraction of sp³-hybridized carbons (Fsp3) is 0.485. The molecule has 1 saturated heterocycles. The van der Waals surface area contributed by atoms with Crippen LogP contribution in [0.4, 0.5) is 10.7 Å². The van der Waals surface area contributed by atoms with Crippen molar-refractivity contribution in [3.63, 3.8) is 0 Å². The van der Waals surface area contributed by atoms with E-state index in [4.69, 9.17) is 9.72 Å². The number of piperidine rings is 1. The molecule has 42 heavy (non-hydrogen) atoms. The van der Waals surface area contributed by atoms with Gasteiger partial charge in [0.1, 0.15) is 11.4 Å². The van der Waals surface area contributed by atoms with Crippen molar-refractivity contribution in [3.05, 3.63) is 65.2 Å². The lowest BCUT2D eigenvalue weighted by Gasteiger charge is -2.42. The molecule has 2 aliphatic rings. The SMILES string of the molecule is Cc1cccc(C)c1-c1cc2nc(n1)N[S+]([O-])c1cccc(c1)CCC1CCN(C(=O)N(C(C)C)C(C)C)C[C@@H]1CO2. The van der Waals surface area contributed by atoms with Gasteiger partial charge in [-0.05, 0) is 95.5 Å². The summed E-state index contributed by atoms with van der Waals surface area (Å²) in [7, 11) is 0. The lowest BCUT2D eigenvalue weighted by atomic mass is 9.82. The van der Waals surface area contributed by atoms with E-state index in [-0.39, 0.29) is 30.0 Å². The number of nitrogens with zero attached hydrogens (tertiary/aromatic N) is 4. The van der Waals surface area contributed by atoms with Gasteiger partial charge in [0.25, 0.3) is 5.95 Å². The van der Waals surface area contributed by atoms with Crippen LogP contribution in [0.15, 0.2) is 53.4 Å². The number of likely N-dealkylation sites (tertiary alicyclic amines) is 1. The van der Waals surface area contributed by atoms with Crippen LogP contribution < -0.4 is 9.46 Å². The molecule has 224 valence electrons. The molecule has 1 fully saturated rings. The molecule has 0 spiro atoms. The Kier molecular flexibility index (Phi) is 9.28. The molecule has 3 atom stereocenters. The third-order valence-electron chi connectivity index (χ3n) is 8.48. The zero-order valence-corrected chi connectivity index (χ0v) is 26.4. The van der Waals surface area contributed by atoms with Crippen molar-refractivity contribution in [3.8, 4) is 17.1 Å². The smallest absolute Gasteiger partial charge is 0.320 e. The number of fused-ring (bicyclic) bond motifs is 5. The van der Waals surface area contributed by atoms with Gasteiger partial charge in [-0.25, -0.2) is 9.78 Å². The number of aromatic nitrogens is 2. The van der Waals surface area contributed by atoms with E-state index in [2.05, 4.69) is 69.4 Å². The average molecular weight is 590 g/mol. The molecular formula is C33H43N5O3S. The Morgan fingerprint density at radius 1 is 1.02 bits per heavy atom. The van der Waals surface area contributed by atoms with E-state index in [0.29, 0.717) is 29.8 Å². The van der Waals surface area contributed by atoms with Crippen LogP contribution in [0.1, 0.15) is 57.2 Å². The van der Waals surface area contributed by atoms with Crippen LogP contribution in [0.25, 0.3) is 11.3 Å². The van der Waals surface area contributed by atoms with E-state index in [1.54, 1.807) is 0 Å². The standard InChI is InChI=1S/C33H43N5O3S/c1-21(2)38(22(3)4)33(39)37-16-15-26-14-13-25-11-8-12-28(17-25)42(40)36-32-34-29(31-23(5)9-7-10-24(31)6)18-30(35-32)41-20-27(26)19-37/h7-12,17-18,21-22,26-27H,13-16,19-20H2,1-6H3,(H,34,35,36)/t26?,27-,42?/m1/s1. The molecule has 2 amide bonds. The van der Waals surface area contributed by atoms with Crippen LogP contribution in [0, 0.1) is 25.7 Å². The van der Waals surface area contributed by atoms with E-state index in [0.717, 1.165) is 53.8 Å². The number of benzene rings is 2. The van der Waals surface area contributed by atoms with Gasteiger partial charge in [0.15, 0.2) is 4.90 Å². The summed E-state index contributed by atoms with van der Waals surface area (Å²) in [5.41, 5.74) is 5.06. The van der Waals surface area contributed by atoms with E-state index in [1.807, 2.05) is 40.1 Å². The second-order valence-electron chi connectivity index (χ2n) is 12.2. The summed E-state index contributed by atoms with van der Waals surface area (Å²) in [6.45, 7) is 14.2. The molecule has 0 radical (unpaired) electrons. The Bertz CT molecular complexity index is 1390. The topological polar surface area (TPSA) is 93.7 Å². The fourth-order valence-corrected chi connectivity index (χ4v) is 7.25. The van der Waals surface area contributed by atoms with Crippen LogP contribution in [-0.2, 0) is 17.8 Å². The Morgan fingerprint density at radius 3 is 2.45 bits per heavy atom. The van der Waals surface area contributed by atoms with Crippen molar-refractivity contribution in [2.24, 2.45) is 11.8 Å². The number of nitrogens with one attached hydrogen (secondary N) is 1. The van der Waals surface area contributed by atoms with Gasteiger partial charge in [0, 0.05) is 42.7 Å². The summed E-state index contributed by atoms with van der Waals surface area (Å²) in [6.07, 6.45) is 2.77. The molecule has 9 heteroatoms. The lowest BCUT2D eigenvalue weighted by Crippen LogP contribution is -2.54. The Morgan fingerprint density at radius 2 is 1.74 bits per heavy atom. The number of hydrogen-bond acceptors (Lipinski definition) is 6. The van der Waals surface area contributed by atoms with Crippen molar-refractivity contribution >= 4 is 23.3 Å². The summed E-state index contributed by atoms with van der Waals surface area (Å²) >= 11 is -1.53. The second kappa shape index (κ2) is 12.9. The van der Waals surface area contributed by atoms with Crippen molar-refractivity contribution in [2.45, 2.75) is 77.8 Å². The molecule has 5 rings (SSSR count). The Hall–Kier alpha value is -3.30. The van der Waals surface area contributed by atoms with Gasteiger partial charge in [-0.1, -0.05) is 30.3 Å². The molecule has 3 heterocycles. The second-order valence-corrected chi connectivity index (χ2v) is 13.4. The monoisotopic (exact) mass is 589 g/mol. The van der Waals surface area contributed by atoms with Gasteiger partial charge >= 0.3 is 6.03 Å². The van der Waals surface area contributed by atoms with E-state index >= 15 is 0 Å². The highest BCUT2D eigenvalue weighted by atomic mass is 32.2. The number of amides is 2. The van der Waals surface area contributed by atoms with Crippen molar-refractivity contribution < 1.29 is 14.1 Å². The van der Waals surface area contributed by atoms with Crippen LogP contribution in [0.2, 0.25) is 0 Å². The number of urea groups is 1. The zero-order chi connectivity index (χ0) is 30.0. The maximum Gasteiger partial charge on any atom is 0.320 e.